The van der Waals surface area contributed by atoms with E-state index in [0.29, 0.717) is 35.9 Å². The molecule has 2 amide bonds. The van der Waals surface area contributed by atoms with Gasteiger partial charge in [0.25, 0.3) is 0 Å². The highest BCUT2D eigenvalue weighted by Gasteiger charge is 2.14. The molecule has 0 fully saturated rings. The number of hydrogen-bond acceptors (Lipinski definition) is 6. The van der Waals surface area contributed by atoms with Crippen LogP contribution in [0.15, 0.2) is 75.8 Å². The SMILES string of the molecule is COc1ccc(-c2nc(CCNC(=O)Nc3cc4oc5ccccc5c4cc3OC)co2)cc1. The number of rotatable bonds is 7. The molecule has 0 unspecified atom stereocenters. The predicted octanol–water partition coefficient (Wildman–Crippen LogP) is 5.62. The molecule has 8 nitrogen and oxygen atoms in total. The van der Waals surface area contributed by atoms with E-state index in [9.17, 15) is 4.79 Å². The highest BCUT2D eigenvalue weighted by atomic mass is 16.5. The second kappa shape index (κ2) is 9.19. The number of furan rings is 1. The Bertz CT molecular complexity index is 1450. The number of hydrogen-bond donors (Lipinski definition) is 2. The predicted molar refractivity (Wildman–Crippen MR) is 129 cm³/mol. The Morgan fingerprint density at radius 3 is 2.59 bits per heavy atom. The molecule has 2 N–H and O–H groups in total. The van der Waals surface area contributed by atoms with Gasteiger partial charge in [-0.3, -0.25) is 0 Å². The minimum atomic E-state index is -0.354. The number of para-hydroxylation sites is 1. The van der Waals surface area contributed by atoms with Gasteiger partial charge in [-0.05, 0) is 36.4 Å². The first-order valence-corrected chi connectivity index (χ1v) is 10.8. The quantitative estimate of drug-likeness (QED) is 0.329. The summed E-state index contributed by atoms with van der Waals surface area (Å²) in [5.41, 5.74) is 3.57. The first-order valence-electron chi connectivity index (χ1n) is 10.8. The van der Waals surface area contributed by atoms with E-state index in [1.54, 1.807) is 26.5 Å². The molecule has 8 heteroatoms. The molecule has 34 heavy (non-hydrogen) atoms. The summed E-state index contributed by atoms with van der Waals surface area (Å²) >= 11 is 0. The highest BCUT2D eigenvalue weighted by molar-refractivity contribution is 6.07. The van der Waals surface area contributed by atoms with Gasteiger partial charge < -0.3 is 28.9 Å². The fourth-order valence-corrected chi connectivity index (χ4v) is 3.78. The zero-order valence-electron chi connectivity index (χ0n) is 18.8. The van der Waals surface area contributed by atoms with Crippen molar-refractivity contribution in [1.29, 1.82) is 0 Å². The number of carbonyl (C=O) groups excluding carboxylic acids is 1. The summed E-state index contributed by atoms with van der Waals surface area (Å²) in [7, 11) is 3.19. The number of anilines is 1. The first kappa shape index (κ1) is 21.4. The Balaban J connectivity index is 1.22. The molecular formula is C26H23N3O5. The molecule has 0 saturated carbocycles. The summed E-state index contributed by atoms with van der Waals surface area (Å²) in [5, 5.41) is 7.59. The van der Waals surface area contributed by atoms with Gasteiger partial charge in [0, 0.05) is 35.4 Å². The molecule has 172 valence electrons. The van der Waals surface area contributed by atoms with Crippen molar-refractivity contribution in [2.45, 2.75) is 6.42 Å². The number of benzene rings is 3. The Morgan fingerprint density at radius 1 is 0.971 bits per heavy atom. The van der Waals surface area contributed by atoms with Crippen LogP contribution in [0.3, 0.4) is 0 Å². The van der Waals surface area contributed by atoms with Crippen LogP contribution in [0.4, 0.5) is 10.5 Å². The van der Waals surface area contributed by atoms with Crippen molar-refractivity contribution in [3.8, 4) is 23.0 Å². The molecule has 5 rings (SSSR count). The van der Waals surface area contributed by atoms with E-state index in [1.165, 1.54) is 0 Å². The molecular weight excluding hydrogens is 434 g/mol. The number of oxazole rings is 1. The lowest BCUT2D eigenvalue weighted by atomic mass is 10.1. The number of aromatic nitrogens is 1. The number of carbonyl (C=O) groups is 1. The van der Waals surface area contributed by atoms with Crippen LogP contribution >= 0.6 is 0 Å². The minimum absolute atomic E-state index is 0.354. The van der Waals surface area contributed by atoms with Crippen molar-refractivity contribution in [3.05, 3.63) is 72.6 Å². The highest BCUT2D eigenvalue weighted by Crippen LogP contribution is 2.36. The number of nitrogens with zero attached hydrogens (tertiary/aromatic N) is 1. The third kappa shape index (κ3) is 4.25. The van der Waals surface area contributed by atoms with Crippen molar-refractivity contribution in [2.24, 2.45) is 0 Å². The summed E-state index contributed by atoms with van der Waals surface area (Å²) in [6.45, 7) is 0.385. The molecule has 0 atom stereocenters. The van der Waals surface area contributed by atoms with E-state index in [-0.39, 0.29) is 6.03 Å². The third-order valence-electron chi connectivity index (χ3n) is 5.50. The van der Waals surface area contributed by atoms with E-state index < -0.39 is 0 Å². The molecule has 2 aromatic heterocycles. The van der Waals surface area contributed by atoms with Crippen LogP contribution in [0.5, 0.6) is 11.5 Å². The normalized spacial score (nSPS) is 11.0. The summed E-state index contributed by atoms with van der Waals surface area (Å²) in [6, 6.07) is 18.5. The number of ether oxygens (including phenoxy) is 2. The molecule has 0 aliphatic carbocycles. The largest absolute Gasteiger partial charge is 0.497 e. The van der Waals surface area contributed by atoms with E-state index in [4.69, 9.17) is 18.3 Å². The van der Waals surface area contributed by atoms with Crippen LogP contribution in [0.2, 0.25) is 0 Å². The third-order valence-corrected chi connectivity index (χ3v) is 5.50. The van der Waals surface area contributed by atoms with Crippen molar-refractivity contribution >= 4 is 33.7 Å². The molecule has 2 heterocycles. The molecule has 0 aliphatic heterocycles. The van der Waals surface area contributed by atoms with Crippen LogP contribution in [0, 0.1) is 0 Å². The van der Waals surface area contributed by atoms with E-state index in [0.717, 1.165) is 33.4 Å². The first-order chi connectivity index (χ1) is 16.6. The summed E-state index contributed by atoms with van der Waals surface area (Å²) in [6.07, 6.45) is 2.12. The van der Waals surface area contributed by atoms with Crippen molar-refractivity contribution in [3.63, 3.8) is 0 Å². The number of nitrogens with one attached hydrogen (secondary N) is 2. The minimum Gasteiger partial charge on any atom is -0.497 e. The van der Waals surface area contributed by atoms with E-state index in [2.05, 4.69) is 15.6 Å². The average molecular weight is 457 g/mol. The number of fused-ring (bicyclic) bond motifs is 3. The molecule has 5 aromatic rings. The Morgan fingerprint density at radius 2 is 1.79 bits per heavy atom. The standard InChI is InChI=1S/C26H23N3O5/c1-31-18-9-7-16(8-10-18)25-28-17(15-33-25)11-12-27-26(30)29-21-14-23-20(13-24(21)32-2)19-5-3-4-6-22(19)34-23/h3-10,13-15H,11-12H2,1-2H3,(H2,27,29,30). The smallest absolute Gasteiger partial charge is 0.319 e. The van der Waals surface area contributed by atoms with Gasteiger partial charge >= 0.3 is 6.03 Å². The van der Waals surface area contributed by atoms with Gasteiger partial charge in [0.1, 0.15) is 28.9 Å². The number of urea groups is 1. The fraction of sp³-hybridized carbons (Fsp3) is 0.154. The van der Waals surface area contributed by atoms with Crippen LogP contribution in [0.1, 0.15) is 5.69 Å². The van der Waals surface area contributed by atoms with Gasteiger partial charge in [0.15, 0.2) is 0 Å². The maximum Gasteiger partial charge on any atom is 0.319 e. The summed E-state index contributed by atoms with van der Waals surface area (Å²) in [5.74, 6) is 1.84. The fourth-order valence-electron chi connectivity index (χ4n) is 3.78. The van der Waals surface area contributed by atoms with E-state index >= 15 is 0 Å². The van der Waals surface area contributed by atoms with Crippen LogP contribution in [0.25, 0.3) is 33.4 Å². The second-order valence-electron chi connectivity index (χ2n) is 7.65. The van der Waals surface area contributed by atoms with Crippen LogP contribution < -0.4 is 20.1 Å². The second-order valence-corrected chi connectivity index (χ2v) is 7.65. The average Bonchev–Trinajstić information content (AvgIpc) is 3.48. The van der Waals surface area contributed by atoms with E-state index in [1.807, 2.05) is 54.6 Å². The lowest BCUT2D eigenvalue weighted by molar-refractivity contribution is 0.252. The molecule has 0 spiro atoms. The zero-order chi connectivity index (χ0) is 23.5. The number of amides is 2. The molecule has 0 radical (unpaired) electrons. The maximum atomic E-state index is 12.5. The van der Waals surface area contributed by atoms with Gasteiger partial charge in [-0.15, -0.1) is 0 Å². The maximum absolute atomic E-state index is 12.5. The lowest BCUT2D eigenvalue weighted by Crippen LogP contribution is -2.30. The Kier molecular flexibility index (Phi) is 5.78. The van der Waals surface area contributed by atoms with Gasteiger partial charge in [0.05, 0.1) is 25.6 Å². The van der Waals surface area contributed by atoms with Gasteiger partial charge in [-0.1, -0.05) is 18.2 Å². The van der Waals surface area contributed by atoms with Crippen molar-refractivity contribution in [1.82, 2.24) is 10.3 Å². The van der Waals surface area contributed by atoms with Gasteiger partial charge in [0.2, 0.25) is 5.89 Å². The van der Waals surface area contributed by atoms with Crippen LogP contribution in [-0.2, 0) is 6.42 Å². The lowest BCUT2D eigenvalue weighted by Gasteiger charge is -2.11. The molecule has 0 saturated heterocycles. The topological polar surface area (TPSA) is 98.8 Å². The van der Waals surface area contributed by atoms with Crippen molar-refractivity contribution in [2.75, 3.05) is 26.1 Å². The molecule has 0 bridgehead atoms. The molecule has 3 aromatic carbocycles. The molecule has 0 aliphatic rings. The Hall–Kier alpha value is -4.46. The zero-order valence-corrected chi connectivity index (χ0v) is 18.8. The Labute approximate surface area is 195 Å². The summed E-state index contributed by atoms with van der Waals surface area (Å²) < 4.78 is 22.1. The van der Waals surface area contributed by atoms with Gasteiger partial charge in [-0.2, -0.15) is 0 Å². The number of methoxy groups -OCH3 is 2. The monoisotopic (exact) mass is 457 g/mol. The van der Waals surface area contributed by atoms with Gasteiger partial charge in [-0.25, -0.2) is 9.78 Å². The van der Waals surface area contributed by atoms with Crippen molar-refractivity contribution < 1.29 is 23.1 Å². The summed E-state index contributed by atoms with van der Waals surface area (Å²) in [4.78, 5) is 17.0. The van der Waals surface area contributed by atoms with Crippen LogP contribution in [-0.4, -0.2) is 31.8 Å².